The Morgan fingerprint density at radius 1 is 1.32 bits per heavy atom. The van der Waals surface area contributed by atoms with Gasteiger partial charge in [-0.2, -0.15) is 0 Å². The molecule has 166 valence electrons. The summed E-state index contributed by atoms with van der Waals surface area (Å²) in [6.45, 7) is 0.714. The van der Waals surface area contributed by atoms with Crippen LogP contribution >= 0.6 is 0 Å². The third kappa shape index (κ3) is 3.78. The zero-order valence-electron chi connectivity index (χ0n) is 17.3. The van der Waals surface area contributed by atoms with Gasteiger partial charge in [-0.1, -0.05) is 0 Å². The summed E-state index contributed by atoms with van der Waals surface area (Å²) in [5, 5.41) is 9.42. The van der Waals surface area contributed by atoms with Crippen molar-refractivity contribution in [1.82, 2.24) is 4.57 Å². The highest BCUT2D eigenvalue weighted by molar-refractivity contribution is 5.97. The number of ether oxygens (including phenoxy) is 1. The van der Waals surface area contributed by atoms with E-state index in [4.69, 9.17) is 10.5 Å². The van der Waals surface area contributed by atoms with Gasteiger partial charge in [0.15, 0.2) is 11.6 Å². The van der Waals surface area contributed by atoms with Crippen molar-refractivity contribution in [1.29, 1.82) is 0 Å². The molecule has 0 spiro atoms. The molecule has 0 atom stereocenters. The van der Waals surface area contributed by atoms with E-state index in [1.165, 1.54) is 13.3 Å². The second kappa shape index (κ2) is 8.30. The van der Waals surface area contributed by atoms with E-state index in [-0.39, 0.29) is 35.2 Å². The zero-order valence-corrected chi connectivity index (χ0v) is 17.3. The first kappa shape index (κ1) is 21.3. The lowest BCUT2D eigenvalue weighted by molar-refractivity contribution is 0.0695. The van der Waals surface area contributed by atoms with Gasteiger partial charge in [-0.15, -0.1) is 0 Å². The van der Waals surface area contributed by atoms with Gasteiger partial charge < -0.3 is 25.0 Å². The topological polar surface area (TPSA) is 97.8 Å². The number of aromatic carboxylic acids is 1. The summed E-state index contributed by atoms with van der Waals surface area (Å²) in [4.78, 5) is 26.2. The average Bonchev–Trinajstić information content (AvgIpc) is 3.60. The number of fused-ring (bicyclic) bond motifs is 1. The van der Waals surface area contributed by atoms with Crippen molar-refractivity contribution < 1.29 is 23.4 Å². The maximum atomic E-state index is 15.3. The van der Waals surface area contributed by atoms with Crippen molar-refractivity contribution in [3.8, 4) is 5.75 Å². The van der Waals surface area contributed by atoms with Crippen molar-refractivity contribution in [3.63, 3.8) is 0 Å². The first-order valence-corrected chi connectivity index (χ1v) is 10.4. The Bertz CT molecular complexity index is 1140. The summed E-state index contributed by atoms with van der Waals surface area (Å²) in [6.07, 6.45) is 4.58. The lowest BCUT2D eigenvalue weighted by Crippen LogP contribution is -2.27. The van der Waals surface area contributed by atoms with E-state index in [9.17, 15) is 19.1 Å². The quantitative estimate of drug-likeness (QED) is 0.751. The summed E-state index contributed by atoms with van der Waals surface area (Å²) in [7, 11) is 1.40. The molecule has 1 aromatic carbocycles. The number of nitrogens with zero attached hydrogens (tertiary/aromatic N) is 2. The highest BCUT2D eigenvalue weighted by Gasteiger charge is 2.31. The highest BCUT2D eigenvalue weighted by atomic mass is 19.1. The van der Waals surface area contributed by atoms with Gasteiger partial charge in [0.05, 0.1) is 18.0 Å². The van der Waals surface area contributed by atoms with Crippen LogP contribution in [0.25, 0.3) is 10.9 Å². The number of benzene rings is 1. The first-order chi connectivity index (χ1) is 14.9. The Morgan fingerprint density at radius 2 is 2.06 bits per heavy atom. The van der Waals surface area contributed by atoms with E-state index in [1.807, 2.05) is 0 Å². The lowest BCUT2D eigenvalue weighted by atomic mass is 10.1. The summed E-state index contributed by atoms with van der Waals surface area (Å²) >= 11 is 0. The summed E-state index contributed by atoms with van der Waals surface area (Å²) in [5.74, 6) is -2.14. The number of halogens is 2. The van der Waals surface area contributed by atoms with Gasteiger partial charge in [0.2, 0.25) is 5.43 Å². The fraction of sp³-hybridized carbons (Fsp3) is 0.455. The standard InChI is InChI=1S/C22H25F2N3O4/c1-31-21-18-14(20(28)15(22(29)30)11-27(18)13-4-5-13)9-16(23)19(21)26-7-2-3-12(6-8-26)17(24)10-25/h9,11,13H,2-8,10,25H2,1H3,(H,29,30). The molecule has 1 saturated carbocycles. The van der Waals surface area contributed by atoms with Gasteiger partial charge in [-0.25, -0.2) is 13.6 Å². The fourth-order valence-corrected chi connectivity index (χ4v) is 4.35. The molecule has 4 rings (SSSR count). The highest BCUT2D eigenvalue weighted by Crippen LogP contribution is 2.44. The number of hydrogen-bond acceptors (Lipinski definition) is 5. The first-order valence-electron chi connectivity index (χ1n) is 10.4. The minimum atomic E-state index is -1.35. The van der Waals surface area contributed by atoms with Crippen LogP contribution in [-0.4, -0.2) is 42.4 Å². The van der Waals surface area contributed by atoms with E-state index in [0.29, 0.717) is 43.4 Å². The van der Waals surface area contributed by atoms with Crippen LogP contribution in [-0.2, 0) is 0 Å². The molecule has 0 amide bonds. The maximum absolute atomic E-state index is 15.3. The molecule has 2 aromatic rings. The van der Waals surface area contributed by atoms with Crippen molar-refractivity contribution in [2.24, 2.45) is 5.73 Å². The predicted octanol–water partition coefficient (Wildman–Crippen LogP) is 3.35. The number of carboxylic acids is 1. The number of nitrogens with two attached hydrogens (primary N) is 1. The lowest BCUT2D eigenvalue weighted by Gasteiger charge is -2.27. The summed E-state index contributed by atoms with van der Waals surface area (Å²) in [5.41, 5.74) is 5.54. The van der Waals surface area contributed by atoms with Crippen LogP contribution in [0.1, 0.15) is 48.5 Å². The van der Waals surface area contributed by atoms with Crippen LogP contribution in [0, 0.1) is 5.82 Å². The number of hydrogen-bond donors (Lipinski definition) is 2. The largest absolute Gasteiger partial charge is 0.492 e. The van der Waals surface area contributed by atoms with E-state index in [2.05, 4.69) is 0 Å². The molecular formula is C22H25F2N3O4. The van der Waals surface area contributed by atoms with Crippen LogP contribution in [0.5, 0.6) is 5.75 Å². The fourth-order valence-electron chi connectivity index (χ4n) is 4.35. The van der Waals surface area contributed by atoms with Crippen LogP contribution < -0.4 is 20.8 Å². The molecule has 2 heterocycles. The number of anilines is 1. The van der Waals surface area contributed by atoms with Crippen molar-refractivity contribution >= 4 is 22.6 Å². The number of pyridine rings is 1. The van der Waals surface area contributed by atoms with Crippen molar-refractivity contribution in [2.75, 3.05) is 31.6 Å². The molecule has 2 aliphatic rings. The number of aromatic nitrogens is 1. The molecule has 0 unspecified atom stereocenters. The molecule has 0 bridgehead atoms. The van der Waals surface area contributed by atoms with Crippen LogP contribution in [0.15, 0.2) is 28.5 Å². The van der Waals surface area contributed by atoms with Crippen molar-refractivity contribution in [3.05, 3.63) is 45.3 Å². The van der Waals surface area contributed by atoms with Crippen LogP contribution in [0.3, 0.4) is 0 Å². The van der Waals surface area contributed by atoms with Crippen molar-refractivity contribution in [2.45, 2.75) is 38.1 Å². The van der Waals surface area contributed by atoms with E-state index >= 15 is 4.39 Å². The second-order valence-corrected chi connectivity index (χ2v) is 8.01. The molecule has 1 saturated heterocycles. The number of carbonyl (C=O) groups is 1. The second-order valence-electron chi connectivity index (χ2n) is 8.01. The molecule has 0 radical (unpaired) electrons. The number of rotatable bonds is 5. The van der Waals surface area contributed by atoms with Gasteiger partial charge in [-0.3, -0.25) is 4.79 Å². The molecule has 7 nitrogen and oxygen atoms in total. The SMILES string of the molecule is COc1c(N2CCCC(=C(F)CN)CC2)c(F)cc2c(=O)c(C(=O)O)cn(C3CC3)c12. The van der Waals surface area contributed by atoms with Crippen LogP contribution in [0.4, 0.5) is 14.5 Å². The smallest absolute Gasteiger partial charge is 0.341 e. The Labute approximate surface area is 177 Å². The summed E-state index contributed by atoms with van der Waals surface area (Å²) < 4.78 is 36.7. The minimum absolute atomic E-state index is 0.0190. The molecule has 1 aliphatic carbocycles. The monoisotopic (exact) mass is 433 g/mol. The van der Waals surface area contributed by atoms with E-state index in [0.717, 1.165) is 18.9 Å². The van der Waals surface area contributed by atoms with E-state index in [1.54, 1.807) is 9.47 Å². The third-order valence-corrected chi connectivity index (χ3v) is 6.04. The Hall–Kier alpha value is -2.94. The number of methoxy groups -OCH3 is 1. The Morgan fingerprint density at radius 3 is 2.68 bits per heavy atom. The normalized spacial score (nSPS) is 18.8. The molecule has 3 N–H and O–H groups in total. The molecule has 9 heteroatoms. The van der Waals surface area contributed by atoms with Gasteiger partial charge in [0.25, 0.3) is 0 Å². The molecule has 1 aromatic heterocycles. The summed E-state index contributed by atoms with van der Waals surface area (Å²) in [6, 6.07) is 1.13. The molecular weight excluding hydrogens is 408 g/mol. The average molecular weight is 433 g/mol. The van der Waals surface area contributed by atoms with E-state index < -0.39 is 22.8 Å². The van der Waals surface area contributed by atoms with Gasteiger partial charge >= 0.3 is 5.97 Å². The Kier molecular flexibility index (Phi) is 5.70. The zero-order chi connectivity index (χ0) is 22.3. The molecule has 1 aliphatic heterocycles. The van der Waals surface area contributed by atoms with Gasteiger partial charge in [0.1, 0.15) is 17.1 Å². The Balaban J connectivity index is 1.90. The number of carboxylic acid groups (broad SMARTS) is 1. The maximum Gasteiger partial charge on any atom is 0.341 e. The third-order valence-electron chi connectivity index (χ3n) is 6.04. The minimum Gasteiger partial charge on any atom is -0.492 e. The molecule has 2 fully saturated rings. The molecule has 31 heavy (non-hydrogen) atoms. The van der Waals surface area contributed by atoms with Crippen LogP contribution in [0.2, 0.25) is 0 Å². The van der Waals surface area contributed by atoms with Gasteiger partial charge in [-0.05, 0) is 43.7 Å². The van der Waals surface area contributed by atoms with Gasteiger partial charge in [0, 0.05) is 31.9 Å². The predicted molar refractivity (Wildman–Crippen MR) is 113 cm³/mol.